The highest BCUT2D eigenvalue weighted by Gasteiger charge is 2.14. The second-order valence-electron chi connectivity index (χ2n) is 6.16. The predicted molar refractivity (Wildman–Crippen MR) is 97.0 cm³/mol. The van der Waals surface area contributed by atoms with Crippen LogP contribution in [0.25, 0.3) is 10.9 Å². The van der Waals surface area contributed by atoms with E-state index >= 15 is 0 Å². The average molecular weight is 353 g/mol. The van der Waals surface area contributed by atoms with Crippen molar-refractivity contribution in [3.05, 3.63) is 64.8 Å². The van der Waals surface area contributed by atoms with Crippen LogP contribution in [0.15, 0.2) is 42.5 Å². The zero-order valence-electron chi connectivity index (χ0n) is 14.5. The van der Waals surface area contributed by atoms with Crippen LogP contribution in [0, 0.1) is 13.8 Å². The second-order valence-corrected chi connectivity index (χ2v) is 6.16. The number of nitrogens with zero attached hydrogens (tertiary/aromatic N) is 1. The first-order valence-corrected chi connectivity index (χ1v) is 8.13. The van der Waals surface area contributed by atoms with Crippen molar-refractivity contribution in [3.63, 3.8) is 0 Å². The van der Waals surface area contributed by atoms with Gasteiger partial charge in [-0.2, -0.15) is 0 Å². The lowest BCUT2D eigenvalue weighted by atomic mass is 10.1. The molecule has 6 nitrogen and oxygen atoms in total. The highest BCUT2D eigenvalue weighted by molar-refractivity contribution is 5.95. The molecule has 1 heterocycles. The Morgan fingerprint density at radius 1 is 1.08 bits per heavy atom. The summed E-state index contributed by atoms with van der Waals surface area (Å²) >= 11 is 0. The number of benzene rings is 2. The van der Waals surface area contributed by atoms with Crippen LogP contribution in [0.4, 0.5) is 0 Å². The van der Waals surface area contributed by atoms with E-state index in [0.717, 1.165) is 27.7 Å². The van der Waals surface area contributed by atoms with E-state index in [0.29, 0.717) is 12.3 Å². The van der Waals surface area contributed by atoms with Crippen molar-refractivity contribution in [2.24, 2.45) is 0 Å². The van der Waals surface area contributed by atoms with E-state index in [1.54, 1.807) is 18.2 Å². The molecule has 0 atom stereocenters. The van der Waals surface area contributed by atoms with Gasteiger partial charge >= 0.3 is 11.9 Å². The molecule has 0 unspecified atom stereocenters. The molecule has 3 aromatic rings. The molecule has 0 radical (unpaired) electrons. The summed E-state index contributed by atoms with van der Waals surface area (Å²) < 4.78 is 7.35. The van der Waals surface area contributed by atoms with Gasteiger partial charge in [0.05, 0.1) is 5.56 Å². The molecule has 1 aromatic heterocycles. The fraction of sp³-hybridized carbons (Fsp3) is 0.200. The number of fused-ring (bicyclic) bond motifs is 1. The third-order valence-corrected chi connectivity index (χ3v) is 4.49. The van der Waals surface area contributed by atoms with E-state index in [9.17, 15) is 14.7 Å². The number of rotatable bonds is 6. The van der Waals surface area contributed by atoms with Gasteiger partial charge in [-0.25, -0.2) is 9.59 Å². The largest absolute Gasteiger partial charge is 0.482 e. The fourth-order valence-electron chi connectivity index (χ4n) is 3.05. The summed E-state index contributed by atoms with van der Waals surface area (Å²) in [5, 5.41) is 18.8. The molecule has 0 aliphatic heterocycles. The minimum Gasteiger partial charge on any atom is -0.482 e. The Hall–Kier alpha value is -3.28. The summed E-state index contributed by atoms with van der Waals surface area (Å²) in [7, 11) is 0. The number of aryl methyl sites for hydroxylation is 1. The lowest BCUT2D eigenvalue weighted by Gasteiger charge is -2.11. The summed E-state index contributed by atoms with van der Waals surface area (Å²) in [5.41, 5.74) is 4.29. The first kappa shape index (κ1) is 17.5. The molecule has 2 aromatic carbocycles. The van der Waals surface area contributed by atoms with Crippen molar-refractivity contribution in [1.82, 2.24) is 4.57 Å². The van der Waals surface area contributed by atoms with Crippen molar-refractivity contribution >= 4 is 22.8 Å². The van der Waals surface area contributed by atoms with Gasteiger partial charge in [-0.3, -0.25) is 0 Å². The van der Waals surface area contributed by atoms with Crippen LogP contribution in [0.3, 0.4) is 0 Å². The number of carboxylic acid groups (broad SMARTS) is 2. The normalized spacial score (nSPS) is 10.8. The van der Waals surface area contributed by atoms with Gasteiger partial charge < -0.3 is 19.5 Å². The highest BCUT2D eigenvalue weighted by Crippen LogP contribution is 2.27. The Morgan fingerprint density at radius 3 is 2.54 bits per heavy atom. The van der Waals surface area contributed by atoms with Crippen LogP contribution < -0.4 is 4.74 Å². The summed E-state index contributed by atoms with van der Waals surface area (Å²) in [5.74, 6) is -1.46. The van der Waals surface area contributed by atoms with Gasteiger partial charge in [-0.05, 0) is 55.3 Å². The molecule has 0 bridgehead atoms. The van der Waals surface area contributed by atoms with Gasteiger partial charge in [0.25, 0.3) is 0 Å². The fourth-order valence-corrected chi connectivity index (χ4v) is 3.05. The van der Waals surface area contributed by atoms with Crippen molar-refractivity contribution in [2.75, 3.05) is 6.61 Å². The molecule has 0 fully saturated rings. The number of carbonyl (C=O) groups is 2. The highest BCUT2D eigenvalue weighted by atomic mass is 16.5. The third-order valence-electron chi connectivity index (χ3n) is 4.49. The van der Waals surface area contributed by atoms with Gasteiger partial charge in [0.1, 0.15) is 5.75 Å². The van der Waals surface area contributed by atoms with Crippen LogP contribution in [-0.2, 0) is 11.3 Å². The standard InChI is InChI=1S/C20H19NO5/c1-12-13(2)21(18-7-6-15(20(24)25)9-17(12)18)10-14-4-3-5-16(8-14)26-11-19(22)23/h3-9H,10-11H2,1-2H3,(H,22,23)(H,24,25). The first-order chi connectivity index (χ1) is 12.4. The van der Waals surface area contributed by atoms with Crippen LogP contribution in [0.2, 0.25) is 0 Å². The van der Waals surface area contributed by atoms with Gasteiger partial charge in [0, 0.05) is 23.1 Å². The maximum atomic E-state index is 11.2. The quantitative estimate of drug-likeness (QED) is 0.708. The molecule has 134 valence electrons. The summed E-state index contributed by atoms with van der Waals surface area (Å²) in [6.45, 7) is 4.17. The number of aromatic nitrogens is 1. The zero-order valence-corrected chi connectivity index (χ0v) is 14.5. The number of aromatic carboxylic acids is 1. The van der Waals surface area contributed by atoms with Gasteiger partial charge in [0.15, 0.2) is 6.61 Å². The number of carboxylic acids is 2. The molecule has 0 aliphatic rings. The minimum absolute atomic E-state index is 0.266. The van der Waals surface area contributed by atoms with Gasteiger partial charge in [0.2, 0.25) is 0 Å². The molecular weight excluding hydrogens is 334 g/mol. The Morgan fingerprint density at radius 2 is 1.85 bits per heavy atom. The zero-order chi connectivity index (χ0) is 18.8. The summed E-state index contributed by atoms with van der Waals surface area (Å²) in [4.78, 5) is 21.9. The lowest BCUT2D eigenvalue weighted by Crippen LogP contribution is -2.09. The van der Waals surface area contributed by atoms with Crippen molar-refractivity contribution in [2.45, 2.75) is 20.4 Å². The van der Waals surface area contributed by atoms with Crippen LogP contribution >= 0.6 is 0 Å². The van der Waals surface area contributed by atoms with Crippen molar-refractivity contribution in [3.8, 4) is 5.75 Å². The monoisotopic (exact) mass is 353 g/mol. The molecule has 0 amide bonds. The molecular formula is C20H19NO5. The predicted octanol–water partition coefficient (Wildman–Crippen LogP) is 3.47. The number of ether oxygens (including phenoxy) is 1. The molecule has 6 heteroatoms. The molecule has 0 saturated heterocycles. The molecule has 0 spiro atoms. The van der Waals surface area contributed by atoms with E-state index in [4.69, 9.17) is 9.84 Å². The maximum Gasteiger partial charge on any atom is 0.341 e. The average Bonchev–Trinajstić information content (AvgIpc) is 2.85. The van der Waals surface area contributed by atoms with E-state index in [1.807, 2.05) is 38.1 Å². The van der Waals surface area contributed by atoms with Crippen molar-refractivity contribution < 1.29 is 24.5 Å². The molecule has 3 rings (SSSR count). The Balaban J connectivity index is 1.96. The van der Waals surface area contributed by atoms with E-state index in [1.165, 1.54) is 0 Å². The van der Waals surface area contributed by atoms with Gasteiger partial charge in [-0.15, -0.1) is 0 Å². The van der Waals surface area contributed by atoms with Crippen LogP contribution in [0.5, 0.6) is 5.75 Å². The van der Waals surface area contributed by atoms with Crippen LogP contribution in [0.1, 0.15) is 27.2 Å². The molecule has 0 aliphatic carbocycles. The topological polar surface area (TPSA) is 88.8 Å². The maximum absolute atomic E-state index is 11.2. The third kappa shape index (κ3) is 3.39. The van der Waals surface area contributed by atoms with E-state index < -0.39 is 11.9 Å². The Bertz CT molecular complexity index is 1000. The van der Waals surface area contributed by atoms with Gasteiger partial charge in [-0.1, -0.05) is 12.1 Å². The second kappa shape index (κ2) is 6.92. The first-order valence-electron chi connectivity index (χ1n) is 8.13. The van der Waals surface area contributed by atoms with Crippen LogP contribution in [-0.4, -0.2) is 33.3 Å². The molecule has 0 saturated carbocycles. The molecule has 26 heavy (non-hydrogen) atoms. The van der Waals surface area contributed by atoms with Crippen molar-refractivity contribution in [1.29, 1.82) is 0 Å². The summed E-state index contributed by atoms with van der Waals surface area (Å²) in [6, 6.07) is 12.4. The van der Waals surface area contributed by atoms with E-state index in [2.05, 4.69) is 4.57 Å². The number of aliphatic carboxylic acids is 1. The number of hydrogen-bond acceptors (Lipinski definition) is 3. The number of hydrogen-bond donors (Lipinski definition) is 2. The Labute approximate surface area is 150 Å². The smallest absolute Gasteiger partial charge is 0.341 e. The Kier molecular flexibility index (Phi) is 4.67. The SMILES string of the molecule is Cc1c(C)n(Cc2cccc(OCC(=O)O)c2)c2ccc(C(=O)O)cc12. The van der Waals surface area contributed by atoms with E-state index in [-0.39, 0.29) is 12.2 Å². The summed E-state index contributed by atoms with van der Waals surface area (Å²) in [6.07, 6.45) is 0. The lowest BCUT2D eigenvalue weighted by molar-refractivity contribution is -0.139. The minimum atomic E-state index is -1.02. The molecule has 2 N–H and O–H groups in total.